The van der Waals surface area contributed by atoms with Gasteiger partial charge in [0.15, 0.2) is 0 Å². The lowest BCUT2D eigenvalue weighted by atomic mass is 10.1. The molecule has 0 spiro atoms. The molecule has 1 aromatic rings. The molecular formula is C9H14Cl2N2O2. The van der Waals surface area contributed by atoms with E-state index in [-0.39, 0.29) is 17.4 Å². The Bertz CT molecular complexity index is 468. The van der Waals surface area contributed by atoms with Gasteiger partial charge in [-0.3, -0.25) is 9.36 Å². The van der Waals surface area contributed by atoms with Crippen LogP contribution in [0.15, 0.2) is 9.59 Å². The first-order valence-electron chi connectivity index (χ1n) is 4.27. The van der Waals surface area contributed by atoms with Crippen LogP contribution in [-0.2, 0) is 5.54 Å². The van der Waals surface area contributed by atoms with Crippen LogP contribution in [0.1, 0.15) is 26.5 Å². The lowest BCUT2D eigenvalue weighted by Gasteiger charge is -2.21. The second-order valence-corrected chi connectivity index (χ2v) is 4.56. The fraction of sp³-hybridized carbons (Fsp3) is 0.556. The SMILES string of the molecule is Cc1[nH]c(=O)n(C(C)(C)C)c(=O)c1Cl.Cl. The molecule has 0 aliphatic rings. The van der Waals surface area contributed by atoms with E-state index in [9.17, 15) is 9.59 Å². The van der Waals surface area contributed by atoms with Crippen molar-refractivity contribution in [2.24, 2.45) is 0 Å². The summed E-state index contributed by atoms with van der Waals surface area (Å²) in [6, 6.07) is 0. The summed E-state index contributed by atoms with van der Waals surface area (Å²) in [5.41, 5.74) is -1.03. The Hall–Kier alpha value is -0.740. The number of aromatic amines is 1. The fourth-order valence-corrected chi connectivity index (χ4v) is 1.36. The van der Waals surface area contributed by atoms with Crippen LogP contribution >= 0.6 is 24.0 Å². The number of rotatable bonds is 0. The van der Waals surface area contributed by atoms with Crippen LogP contribution in [-0.4, -0.2) is 9.55 Å². The van der Waals surface area contributed by atoms with Gasteiger partial charge in [0.05, 0.1) is 0 Å². The van der Waals surface area contributed by atoms with Gasteiger partial charge >= 0.3 is 5.69 Å². The largest absolute Gasteiger partial charge is 0.329 e. The van der Waals surface area contributed by atoms with Crippen molar-refractivity contribution >= 4 is 24.0 Å². The van der Waals surface area contributed by atoms with Crippen LogP contribution in [0.3, 0.4) is 0 Å². The van der Waals surface area contributed by atoms with Crippen LogP contribution in [0, 0.1) is 6.92 Å². The molecule has 6 heteroatoms. The van der Waals surface area contributed by atoms with Crippen molar-refractivity contribution in [2.45, 2.75) is 33.2 Å². The molecule has 0 atom stereocenters. The standard InChI is InChI=1S/C9H13ClN2O2.ClH/c1-5-6(10)7(13)12(8(14)11-5)9(2,3)4;/h1-4H3,(H,11,14);1H. The van der Waals surface area contributed by atoms with Crippen LogP contribution in [0.2, 0.25) is 5.02 Å². The molecule has 1 rings (SSSR count). The van der Waals surface area contributed by atoms with Gasteiger partial charge in [0.2, 0.25) is 0 Å². The zero-order valence-electron chi connectivity index (χ0n) is 9.05. The van der Waals surface area contributed by atoms with Gasteiger partial charge in [-0.05, 0) is 27.7 Å². The molecule has 0 bridgehead atoms. The molecule has 0 aliphatic carbocycles. The molecule has 0 unspecified atom stereocenters. The smallest absolute Gasteiger partial charge is 0.310 e. The molecule has 0 saturated carbocycles. The van der Waals surface area contributed by atoms with E-state index in [1.165, 1.54) is 0 Å². The summed E-state index contributed by atoms with van der Waals surface area (Å²) in [6.07, 6.45) is 0. The Balaban J connectivity index is 0.00000196. The van der Waals surface area contributed by atoms with Gasteiger partial charge in [-0.2, -0.15) is 0 Å². The van der Waals surface area contributed by atoms with Crippen LogP contribution in [0.5, 0.6) is 0 Å². The van der Waals surface area contributed by atoms with Crippen molar-refractivity contribution in [1.29, 1.82) is 0 Å². The number of halogens is 2. The minimum Gasteiger partial charge on any atom is -0.310 e. The van der Waals surface area contributed by atoms with Crippen molar-refractivity contribution < 1.29 is 0 Å². The van der Waals surface area contributed by atoms with Crippen molar-refractivity contribution in [1.82, 2.24) is 9.55 Å². The number of hydrogen-bond donors (Lipinski definition) is 1. The molecule has 1 heterocycles. The van der Waals surface area contributed by atoms with E-state index in [1.807, 2.05) is 0 Å². The predicted octanol–water partition coefficient (Wildman–Crippen LogP) is 1.68. The number of H-pyrrole nitrogens is 1. The molecule has 0 saturated heterocycles. The second-order valence-electron chi connectivity index (χ2n) is 4.18. The van der Waals surface area contributed by atoms with E-state index in [4.69, 9.17) is 11.6 Å². The first-order valence-corrected chi connectivity index (χ1v) is 4.65. The maximum Gasteiger partial charge on any atom is 0.329 e. The number of aryl methyl sites for hydroxylation is 1. The van der Waals surface area contributed by atoms with Crippen molar-refractivity contribution in [3.05, 3.63) is 31.6 Å². The minimum atomic E-state index is -0.567. The highest BCUT2D eigenvalue weighted by molar-refractivity contribution is 6.30. The first kappa shape index (κ1) is 14.3. The van der Waals surface area contributed by atoms with Crippen molar-refractivity contribution in [2.75, 3.05) is 0 Å². The highest BCUT2D eigenvalue weighted by Crippen LogP contribution is 2.10. The lowest BCUT2D eigenvalue weighted by Crippen LogP contribution is -2.45. The van der Waals surface area contributed by atoms with Crippen molar-refractivity contribution in [3.8, 4) is 0 Å². The normalized spacial score (nSPS) is 11.0. The number of nitrogens with one attached hydrogen (secondary N) is 1. The van der Waals surface area contributed by atoms with Crippen LogP contribution < -0.4 is 11.2 Å². The van der Waals surface area contributed by atoms with Gasteiger partial charge < -0.3 is 4.98 Å². The molecule has 0 radical (unpaired) electrons. The van der Waals surface area contributed by atoms with Crippen LogP contribution in [0.25, 0.3) is 0 Å². The van der Waals surface area contributed by atoms with Crippen molar-refractivity contribution in [3.63, 3.8) is 0 Å². The van der Waals surface area contributed by atoms with Gasteiger partial charge in [-0.25, -0.2) is 4.79 Å². The van der Waals surface area contributed by atoms with E-state index in [1.54, 1.807) is 27.7 Å². The summed E-state index contributed by atoms with van der Waals surface area (Å²) in [5.74, 6) is 0. The summed E-state index contributed by atoms with van der Waals surface area (Å²) in [6.45, 7) is 6.91. The first-order chi connectivity index (χ1) is 6.25. The van der Waals surface area contributed by atoms with Gasteiger partial charge in [-0.15, -0.1) is 12.4 Å². The monoisotopic (exact) mass is 252 g/mol. The summed E-state index contributed by atoms with van der Waals surface area (Å²) in [4.78, 5) is 25.7. The maximum atomic E-state index is 11.7. The molecule has 0 aliphatic heterocycles. The topological polar surface area (TPSA) is 54.9 Å². The third-order valence-corrected chi connectivity index (χ3v) is 2.33. The molecule has 1 aromatic heterocycles. The number of aromatic nitrogens is 2. The van der Waals surface area contributed by atoms with E-state index in [0.29, 0.717) is 5.69 Å². The Morgan fingerprint density at radius 1 is 1.27 bits per heavy atom. The Kier molecular flexibility index (Phi) is 4.19. The Morgan fingerprint density at radius 3 is 2.13 bits per heavy atom. The Morgan fingerprint density at radius 2 is 1.73 bits per heavy atom. The average molecular weight is 253 g/mol. The summed E-state index contributed by atoms with van der Waals surface area (Å²) in [7, 11) is 0. The zero-order valence-corrected chi connectivity index (χ0v) is 10.6. The quantitative estimate of drug-likeness (QED) is 0.764. The van der Waals surface area contributed by atoms with E-state index in [2.05, 4.69) is 4.98 Å². The van der Waals surface area contributed by atoms with E-state index >= 15 is 0 Å². The van der Waals surface area contributed by atoms with Gasteiger partial charge in [-0.1, -0.05) is 11.6 Å². The number of nitrogens with zero attached hydrogens (tertiary/aromatic N) is 1. The third kappa shape index (κ3) is 2.63. The minimum absolute atomic E-state index is 0. The highest BCUT2D eigenvalue weighted by Gasteiger charge is 2.20. The molecule has 0 aromatic carbocycles. The number of hydrogen-bond acceptors (Lipinski definition) is 2. The third-order valence-electron chi connectivity index (χ3n) is 1.89. The zero-order chi connectivity index (χ0) is 11.1. The maximum absolute atomic E-state index is 11.7. The van der Waals surface area contributed by atoms with Gasteiger partial charge in [0.1, 0.15) is 5.02 Å². The summed E-state index contributed by atoms with van der Waals surface area (Å²) < 4.78 is 1.11. The summed E-state index contributed by atoms with van der Waals surface area (Å²) in [5, 5.41) is 0.0690. The van der Waals surface area contributed by atoms with E-state index < -0.39 is 16.8 Å². The average Bonchev–Trinajstić information content (AvgIpc) is 1.97. The molecule has 0 fully saturated rings. The van der Waals surface area contributed by atoms with Gasteiger partial charge in [0.25, 0.3) is 5.56 Å². The molecular weight excluding hydrogens is 239 g/mol. The Labute approximate surface area is 98.7 Å². The fourth-order valence-electron chi connectivity index (χ4n) is 1.23. The lowest BCUT2D eigenvalue weighted by molar-refractivity contribution is 0.366. The van der Waals surface area contributed by atoms with Crippen LogP contribution in [0.4, 0.5) is 0 Å². The molecule has 15 heavy (non-hydrogen) atoms. The van der Waals surface area contributed by atoms with Gasteiger partial charge in [0, 0.05) is 11.2 Å². The molecule has 86 valence electrons. The second kappa shape index (κ2) is 4.41. The summed E-state index contributed by atoms with van der Waals surface area (Å²) >= 11 is 5.76. The van der Waals surface area contributed by atoms with E-state index in [0.717, 1.165) is 4.57 Å². The molecule has 0 amide bonds. The molecule has 4 nitrogen and oxygen atoms in total. The highest BCUT2D eigenvalue weighted by atomic mass is 35.5. The predicted molar refractivity (Wildman–Crippen MR) is 63.3 cm³/mol. The molecule has 1 N–H and O–H groups in total.